The van der Waals surface area contributed by atoms with Gasteiger partial charge in [0.05, 0.1) is 1.37 Å². The number of carbonyl (C=O) groups is 1. The SMILES string of the molecule is [2H]C([2H])([2H])C([2H])(NC(=O)C=C)C([2H])([2H])[2H]. The summed E-state index contributed by atoms with van der Waals surface area (Å²) in [4.78, 5) is 10.9. The van der Waals surface area contributed by atoms with E-state index in [-0.39, 0.29) is 0 Å². The van der Waals surface area contributed by atoms with E-state index >= 15 is 0 Å². The van der Waals surface area contributed by atoms with Crippen LogP contribution in [0.3, 0.4) is 0 Å². The van der Waals surface area contributed by atoms with Crippen LogP contribution in [0.15, 0.2) is 12.7 Å². The highest BCUT2D eigenvalue weighted by molar-refractivity contribution is 5.86. The third kappa shape index (κ3) is 3.40. The summed E-state index contributed by atoms with van der Waals surface area (Å²) in [5, 5.41) is 1.61. The van der Waals surface area contributed by atoms with Gasteiger partial charge >= 0.3 is 0 Å². The van der Waals surface area contributed by atoms with Gasteiger partial charge in [-0.15, -0.1) is 0 Å². The molecule has 0 saturated heterocycles. The molecule has 2 nitrogen and oxygen atoms in total. The molecule has 0 unspecified atom stereocenters. The van der Waals surface area contributed by atoms with Gasteiger partial charge in [-0.1, -0.05) is 6.58 Å². The number of hydrogen-bond donors (Lipinski definition) is 1. The van der Waals surface area contributed by atoms with Gasteiger partial charge in [-0.3, -0.25) is 4.79 Å². The van der Waals surface area contributed by atoms with E-state index in [1.54, 1.807) is 5.32 Å². The van der Waals surface area contributed by atoms with Gasteiger partial charge < -0.3 is 5.32 Å². The Labute approximate surface area is 59.4 Å². The number of carbonyl (C=O) groups excluding carboxylic acids is 1. The summed E-state index contributed by atoms with van der Waals surface area (Å²) in [5.41, 5.74) is 0. The molecule has 0 aromatic heterocycles. The van der Waals surface area contributed by atoms with Crippen molar-refractivity contribution >= 4 is 5.91 Å². The van der Waals surface area contributed by atoms with Gasteiger partial charge in [-0.25, -0.2) is 0 Å². The van der Waals surface area contributed by atoms with Crippen molar-refractivity contribution in [1.29, 1.82) is 0 Å². The lowest BCUT2D eigenvalue weighted by Crippen LogP contribution is -2.27. The summed E-state index contributed by atoms with van der Waals surface area (Å²) < 4.78 is 49.0. The molecule has 0 fully saturated rings. The lowest BCUT2D eigenvalue weighted by molar-refractivity contribution is -0.116. The first-order valence-electron chi connectivity index (χ1n) is 5.40. The zero-order valence-corrected chi connectivity index (χ0v) is 4.19. The average molecular weight is 120 g/mol. The third-order valence-corrected chi connectivity index (χ3v) is 0.434. The van der Waals surface area contributed by atoms with E-state index in [0.717, 1.165) is 0 Å². The predicted octanol–water partition coefficient (Wildman–Crippen LogP) is 0.697. The van der Waals surface area contributed by atoms with Crippen LogP contribution in [-0.4, -0.2) is 11.9 Å². The molecule has 0 radical (unpaired) electrons. The van der Waals surface area contributed by atoms with Crippen molar-refractivity contribution in [3.8, 4) is 0 Å². The van der Waals surface area contributed by atoms with E-state index in [1.165, 1.54) is 0 Å². The molecule has 0 bridgehead atoms. The van der Waals surface area contributed by atoms with Gasteiger partial charge in [0.2, 0.25) is 5.91 Å². The third-order valence-electron chi connectivity index (χ3n) is 0.434. The fourth-order valence-electron chi connectivity index (χ4n) is 0.174. The maximum Gasteiger partial charge on any atom is 0.243 e. The zero-order chi connectivity index (χ0) is 12.5. The van der Waals surface area contributed by atoms with Crippen molar-refractivity contribution in [1.82, 2.24) is 5.32 Å². The highest BCUT2D eigenvalue weighted by Crippen LogP contribution is 1.75. The molecule has 0 rings (SSSR count). The number of rotatable bonds is 2. The molecule has 0 aromatic rings. The minimum atomic E-state index is -3.16. The largest absolute Gasteiger partial charge is 0.350 e. The smallest absolute Gasteiger partial charge is 0.243 e. The Morgan fingerprint density at radius 3 is 3.12 bits per heavy atom. The van der Waals surface area contributed by atoms with Gasteiger partial charge in [-0.05, 0) is 19.8 Å². The van der Waals surface area contributed by atoms with Crippen molar-refractivity contribution in [3.05, 3.63) is 12.7 Å². The minimum absolute atomic E-state index is 0.709. The van der Waals surface area contributed by atoms with Crippen LogP contribution in [0.4, 0.5) is 0 Å². The topological polar surface area (TPSA) is 29.1 Å². The minimum Gasteiger partial charge on any atom is -0.350 e. The maximum atomic E-state index is 10.9. The second-order valence-corrected chi connectivity index (χ2v) is 1.07. The van der Waals surface area contributed by atoms with Gasteiger partial charge in [0, 0.05) is 14.2 Å². The van der Waals surface area contributed by atoms with E-state index in [9.17, 15) is 4.79 Å². The normalized spacial score (nSPS) is 26.2. The van der Waals surface area contributed by atoms with Gasteiger partial charge in [-0.2, -0.15) is 0 Å². The Morgan fingerprint density at radius 2 is 2.75 bits per heavy atom. The highest BCUT2D eigenvalue weighted by Gasteiger charge is 1.93. The monoisotopic (exact) mass is 120 g/mol. The molecule has 0 atom stereocenters. The van der Waals surface area contributed by atoms with E-state index in [4.69, 9.17) is 9.60 Å². The first-order valence-corrected chi connectivity index (χ1v) is 1.90. The van der Waals surface area contributed by atoms with Gasteiger partial charge in [0.15, 0.2) is 0 Å². The second-order valence-electron chi connectivity index (χ2n) is 1.07. The predicted molar refractivity (Wildman–Crippen MR) is 33.5 cm³/mol. The number of hydrogen-bond acceptors (Lipinski definition) is 1. The summed E-state index contributed by atoms with van der Waals surface area (Å²) in [6, 6.07) is -3.02. The number of amides is 1. The Hall–Kier alpha value is -0.790. The summed E-state index contributed by atoms with van der Waals surface area (Å²) in [5.74, 6) is -1.02. The Bertz CT molecular complexity index is 252. The van der Waals surface area contributed by atoms with Crippen LogP contribution in [0.2, 0.25) is 0 Å². The fraction of sp³-hybridized carbons (Fsp3) is 0.500. The van der Waals surface area contributed by atoms with Crippen molar-refractivity contribution < 1.29 is 14.4 Å². The standard InChI is InChI=1S/C6H11NO/c1-4-6(8)7-5(2)3/h4-5H,1H2,2-3H3,(H,7,8)/i2D3,3D3,5D. The summed E-state index contributed by atoms with van der Waals surface area (Å²) in [6.07, 6.45) is 0.709. The van der Waals surface area contributed by atoms with Crippen molar-refractivity contribution in [2.45, 2.75) is 19.7 Å². The fourth-order valence-corrected chi connectivity index (χ4v) is 0.174. The average Bonchev–Trinajstić information content (AvgIpc) is 1.99. The van der Waals surface area contributed by atoms with E-state index < -0.39 is 25.6 Å². The summed E-state index contributed by atoms with van der Waals surface area (Å²) in [6.45, 7) is -3.27. The second kappa shape index (κ2) is 3.24. The van der Waals surface area contributed by atoms with Crippen molar-refractivity contribution in [2.75, 3.05) is 0 Å². The van der Waals surface area contributed by atoms with E-state index in [0.29, 0.717) is 6.08 Å². The van der Waals surface area contributed by atoms with Crippen LogP contribution in [0.1, 0.15) is 23.3 Å². The van der Waals surface area contributed by atoms with Crippen LogP contribution in [0, 0.1) is 0 Å². The molecule has 0 aliphatic heterocycles. The molecule has 0 aromatic carbocycles. The first-order chi connectivity index (χ1) is 6.45. The molecule has 0 saturated carbocycles. The van der Waals surface area contributed by atoms with Crippen LogP contribution in [0.25, 0.3) is 0 Å². The molecule has 8 heavy (non-hydrogen) atoms. The molecule has 46 valence electrons. The van der Waals surface area contributed by atoms with Crippen LogP contribution >= 0.6 is 0 Å². The number of nitrogens with one attached hydrogen (secondary N) is 1. The molecule has 1 amide bonds. The molecular formula is C6H11NO. The van der Waals surface area contributed by atoms with Gasteiger partial charge in [0.1, 0.15) is 0 Å². The van der Waals surface area contributed by atoms with Crippen molar-refractivity contribution in [2.24, 2.45) is 0 Å². The van der Waals surface area contributed by atoms with E-state index in [2.05, 4.69) is 6.58 Å². The Morgan fingerprint density at radius 1 is 2.12 bits per heavy atom. The Balaban J connectivity index is 5.24. The molecule has 2 heteroatoms. The van der Waals surface area contributed by atoms with Crippen LogP contribution in [-0.2, 0) is 4.79 Å². The lowest BCUT2D eigenvalue weighted by atomic mass is 10.4. The van der Waals surface area contributed by atoms with Crippen LogP contribution in [0.5, 0.6) is 0 Å². The maximum absolute atomic E-state index is 10.9. The highest BCUT2D eigenvalue weighted by atomic mass is 16.1. The van der Waals surface area contributed by atoms with Crippen LogP contribution < -0.4 is 5.32 Å². The molecule has 0 spiro atoms. The van der Waals surface area contributed by atoms with E-state index in [1.807, 2.05) is 0 Å². The summed E-state index contributed by atoms with van der Waals surface area (Å²) in [7, 11) is 0. The Kier molecular flexibility index (Phi) is 0.646. The zero-order valence-electron chi connectivity index (χ0n) is 11.2. The van der Waals surface area contributed by atoms with Crippen molar-refractivity contribution in [3.63, 3.8) is 0 Å². The molecule has 0 heterocycles. The van der Waals surface area contributed by atoms with Gasteiger partial charge in [0.25, 0.3) is 0 Å². The first kappa shape index (κ1) is 1.59. The summed E-state index contributed by atoms with van der Waals surface area (Å²) >= 11 is 0. The lowest BCUT2D eigenvalue weighted by Gasteiger charge is -2.02. The quantitative estimate of drug-likeness (QED) is 0.534. The molecule has 0 aliphatic carbocycles. The molecular weight excluding hydrogens is 102 g/mol. The molecule has 1 N–H and O–H groups in total. The molecule has 0 aliphatic rings.